The summed E-state index contributed by atoms with van der Waals surface area (Å²) in [5.74, 6) is 0. The summed E-state index contributed by atoms with van der Waals surface area (Å²) in [7, 11) is 2.12. The Morgan fingerprint density at radius 3 is 1.49 bits per heavy atom. The zero-order valence-corrected chi connectivity index (χ0v) is 20.8. The molecular weight excluding hydrogens is 448 g/mol. The Hall–Kier alpha value is -4.82. The van der Waals surface area contributed by atoms with Gasteiger partial charge in [0.15, 0.2) is 0 Å². The highest BCUT2D eigenvalue weighted by molar-refractivity contribution is 5.87. The molecule has 0 atom stereocenters. The van der Waals surface area contributed by atoms with Crippen LogP contribution in [0.1, 0.15) is 0 Å². The number of benzene rings is 6. The van der Waals surface area contributed by atoms with Crippen LogP contribution in [0.3, 0.4) is 0 Å². The molecule has 0 bridgehead atoms. The molecular formula is C35H28N2. The van der Waals surface area contributed by atoms with Crippen molar-refractivity contribution in [2.75, 3.05) is 16.8 Å². The summed E-state index contributed by atoms with van der Waals surface area (Å²) >= 11 is 0. The number of hydrogen-bond donors (Lipinski definition) is 0. The van der Waals surface area contributed by atoms with Gasteiger partial charge in [-0.3, -0.25) is 0 Å². The zero-order valence-electron chi connectivity index (χ0n) is 20.8. The SMILES string of the molecule is CN(c1ccc(N(c2ccccc2)c2ccc(-c3ccccc3)cc2)cc1)c1ccc2ccccc2c1. The van der Waals surface area contributed by atoms with E-state index < -0.39 is 0 Å². The number of anilines is 5. The van der Waals surface area contributed by atoms with Crippen LogP contribution in [0, 0.1) is 0 Å². The first-order chi connectivity index (χ1) is 18.3. The van der Waals surface area contributed by atoms with Crippen molar-refractivity contribution in [3.63, 3.8) is 0 Å². The molecule has 0 unspecified atom stereocenters. The van der Waals surface area contributed by atoms with Gasteiger partial charge in [-0.25, -0.2) is 0 Å². The molecule has 6 rings (SSSR count). The lowest BCUT2D eigenvalue weighted by atomic mass is 10.0. The van der Waals surface area contributed by atoms with Crippen molar-refractivity contribution in [1.82, 2.24) is 0 Å². The Labute approximate surface area is 218 Å². The Kier molecular flexibility index (Phi) is 6.14. The van der Waals surface area contributed by atoms with Crippen LogP contribution >= 0.6 is 0 Å². The molecule has 0 heterocycles. The second-order valence-electron chi connectivity index (χ2n) is 9.19. The van der Waals surface area contributed by atoms with E-state index in [2.05, 4.69) is 169 Å². The van der Waals surface area contributed by atoms with E-state index in [0.29, 0.717) is 0 Å². The molecule has 178 valence electrons. The van der Waals surface area contributed by atoms with Crippen LogP contribution in [0.4, 0.5) is 28.4 Å². The number of para-hydroxylation sites is 1. The van der Waals surface area contributed by atoms with Crippen molar-refractivity contribution < 1.29 is 0 Å². The fraction of sp³-hybridized carbons (Fsp3) is 0.0286. The standard InChI is InChI=1S/C35H28N2/c1-36(35-21-18-28-12-8-9-13-30(28)26-35)31-22-24-34(25-23-31)37(32-14-6-3-7-15-32)33-19-16-29(17-20-33)27-10-4-2-5-11-27/h2-26H,1H3. The summed E-state index contributed by atoms with van der Waals surface area (Å²) in [5.41, 5.74) is 8.13. The van der Waals surface area contributed by atoms with E-state index in [4.69, 9.17) is 0 Å². The molecule has 6 aromatic rings. The van der Waals surface area contributed by atoms with E-state index >= 15 is 0 Å². The van der Waals surface area contributed by atoms with Crippen molar-refractivity contribution >= 4 is 39.2 Å². The third kappa shape index (κ3) is 4.70. The van der Waals surface area contributed by atoms with E-state index in [1.807, 2.05) is 0 Å². The minimum Gasteiger partial charge on any atom is -0.345 e. The monoisotopic (exact) mass is 476 g/mol. The lowest BCUT2D eigenvalue weighted by molar-refractivity contribution is 1.21. The molecule has 0 aliphatic rings. The maximum Gasteiger partial charge on any atom is 0.0463 e. The Morgan fingerprint density at radius 1 is 0.351 bits per heavy atom. The van der Waals surface area contributed by atoms with Crippen LogP contribution in [0.2, 0.25) is 0 Å². The third-order valence-electron chi connectivity index (χ3n) is 6.86. The summed E-state index contributed by atoms with van der Waals surface area (Å²) in [6.07, 6.45) is 0. The molecule has 0 radical (unpaired) electrons. The van der Waals surface area contributed by atoms with Crippen LogP contribution in [0.25, 0.3) is 21.9 Å². The average molecular weight is 477 g/mol. The van der Waals surface area contributed by atoms with Gasteiger partial charge in [-0.2, -0.15) is 0 Å². The zero-order chi connectivity index (χ0) is 25.0. The van der Waals surface area contributed by atoms with E-state index in [1.54, 1.807) is 0 Å². The molecule has 6 aromatic carbocycles. The average Bonchev–Trinajstić information content (AvgIpc) is 2.98. The molecule has 0 saturated carbocycles. The first-order valence-corrected chi connectivity index (χ1v) is 12.6. The first kappa shape index (κ1) is 22.6. The molecule has 0 fully saturated rings. The van der Waals surface area contributed by atoms with Gasteiger partial charge in [-0.1, -0.05) is 91.0 Å². The van der Waals surface area contributed by atoms with Crippen LogP contribution < -0.4 is 9.80 Å². The van der Waals surface area contributed by atoms with Crippen molar-refractivity contribution in [1.29, 1.82) is 0 Å². The molecule has 0 saturated heterocycles. The van der Waals surface area contributed by atoms with Crippen LogP contribution in [-0.2, 0) is 0 Å². The van der Waals surface area contributed by atoms with Gasteiger partial charge in [-0.15, -0.1) is 0 Å². The highest BCUT2D eigenvalue weighted by atomic mass is 15.1. The Morgan fingerprint density at radius 2 is 0.811 bits per heavy atom. The lowest BCUT2D eigenvalue weighted by Gasteiger charge is -2.27. The molecule has 0 aliphatic carbocycles. The Balaban J connectivity index is 1.32. The minimum absolute atomic E-state index is 1.12. The summed E-state index contributed by atoms with van der Waals surface area (Å²) < 4.78 is 0. The molecule has 0 aromatic heterocycles. The maximum atomic E-state index is 2.30. The number of fused-ring (bicyclic) bond motifs is 1. The first-order valence-electron chi connectivity index (χ1n) is 12.6. The van der Waals surface area contributed by atoms with Gasteiger partial charge in [0.1, 0.15) is 0 Å². The van der Waals surface area contributed by atoms with Crippen LogP contribution in [0.5, 0.6) is 0 Å². The van der Waals surface area contributed by atoms with Crippen molar-refractivity contribution in [2.45, 2.75) is 0 Å². The predicted molar refractivity (Wildman–Crippen MR) is 159 cm³/mol. The van der Waals surface area contributed by atoms with Gasteiger partial charge < -0.3 is 9.80 Å². The van der Waals surface area contributed by atoms with Crippen molar-refractivity contribution in [3.05, 3.63) is 152 Å². The molecule has 2 heteroatoms. The van der Waals surface area contributed by atoms with E-state index in [0.717, 1.165) is 22.7 Å². The van der Waals surface area contributed by atoms with Gasteiger partial charge in [0.05, 0.1) is 0 Å². The van der Waals surface area contributed by atoms with Crippen LogP contribution in [-0.4, -0.2) is 7.05 Å². The smallest absolute Gasteiger partial charge is 0.0463 e. The fourth-order valence-corrected chi connectivity index (χ4v) is 4.82. The van der Waals surface area contributed by atoms with Gasteiger partial charge in [-0.05, 0) is 82.6 Å². The highest BCUT2D eigenvalue weighted by Gasteiger charge is 2.13. The number of hydrogen-bond acceptors (Lipinski definition) is 2. The fourth-order valence-electron chi connectivity index (χ4n) is 4.82. The number of nitrogens with zero attached hydrogens (tertiary/aromatic N) is 2. The van der Waals surface area contributed by atoms with Crippen LogP contribution in [0.15, 0.2) is 152 Å². The second-order valence-corrected chi connectivity index (χ2v) is 9.19. The van der Waals surface area contributed by atoms with Gasteiger partial charge in [0.2, 0.25) is 0 Å². The summed E-state index contributed by atoms with van der Waals surface area (Å²) in [5, 5.41) is 2.50. The Bertz CT molecular complexity index is 1610. The summed E-state index contributed by atoms with van der Waals surface area (Å²) in [6, 6.07) is 53.7. The largest absolute Gasteiger partial charge is 0.345 e. The molecule has 0 spiro atoms. The predicted octanol–water partition coefficient (Wildman–Crippen LogP) is 9.74. The quantitative estimate of drug-likeness (QED) is 0.236. The summed E-state index contributed by atoms with van der Waals surface area (Å²) in [6.45, 7) is 0. The second kappa shape index (κ2) is 10.0. The van der Waals surface area contributed by atoms with Gasteiger partial charge in [0.25, 0.3) is 0 Å². The molecule has 2 nitrogen and oxygen atoms in total. The van der Waals surface area contributed by atoms with Gasteiger partial charge >= 0.3 is 0 Å². The normalized spacial score (nSPS) is 10.8. The molecule has 0 N–H and O–H groups in total. The van der Waals surface area contributed by atoms with Crippen molar-refractivity contribution in [2.24, 2.45) is 0 Å². The lowest BCUT2D eigenvalue weighted by Crippen LogP contribution is -2.11. The molecule has 0 aliphatic heterocycles. The highest BCUT2D eigenvalue weighted by Crippen LogP contribution is 2.37. The molecule has 37 heavy (non-hydrogen) atoms. The minimum atomic E-state index is 1.12. The molecule has 0 amide bonds. The van der Waals surface area contributed by atoms with E-state index in [1.165, 1.54) is 27.6 Å². The van der Waals surface area contributed by atoms with E-state index in [9.17, 15) is 0 Å². The number of rotatable bonds is 6. The third-order valence-corrected chi connectivity index (χ3v) is 6.86. The topological polar surface area (TPSA) is 6.48 Å². The summed E-state index contributed by atoms with van der Waals surface area (Å²) in [4.78, 5) is 4.53. The van der Waals surface area contributed by atoms with Crippen molar-refractivity contribution in [3.8, 4) is 11.1 Å². The van der Waals surface area contributed by atoms with Gasteiger partial charge in [0, 0.05) is 35.5 Å². The maximum absolute atomic E-state index is 2.30. The van der Waals surface area contributed by atoms with E-state index in [-0.39, 0.29) is 0 Å².